The van der Waals surface area contributed by atoms with Crippen molar-refractivity contribution in [1.29, 1.82) is 0 Å². The molecule has 3 N–H and O–H groups in total. The van der Waals surface area contributed by atoms with Crippen LogP contribution in [0.2, 0.25) is 0 Å². The number of rotatable bonds is 10. The van der Waals surface area contributed by atoms with Crippen LogP contribution in [-0.4, -0.2) is 65.5 Å². The number of carbonyl (C=O) groups excluding carboxylic acids is 3. The minimum Gasteiger partial charge on any atom is -0.392 e. The first-order chi connectivity index (χ1) is 25.2. The minimum atomic E-state index is -0.633. The third-order valence-electron chi connectivity index (χ3n) is 10.8. The zero-order chi connectivity index (χ0) is 36.2. The van der Waals surface area contributed by atoms with Crippen LogP contribution in [0.5, 0.6) is 0 Å². The zero-order valence-corrected chi connectivity index (χ0v) is 29.7. The van der Waals surface area contributed by atoms with Gasteiger partial charge >= 0.3 is 0 Å². The number of Topliss-reactive ketones (excluding diaryl/α,β-unsaturated/α-hetero) is 1. The lowest BCUT2D eigenvalue weighted by Gasteiger charge is -2.46. The summed E-state index contributed by atoms with van der Waals surface area (Å²) in [5.41, 5.74) is 5.17. The van der Waals surface area contributed by atoms with E-state index >= 15 is 0 Å². The van der Waals surface area contributed by atoms with E-state index in [0.29, 0.717) is 24.5 Å². The number of ketones is 1. The van der Waals surface area contributed by atoms with Crippen LogP contribution >= 0.6 is 0 Å². The number of hydrogen-bond donors (Lipinski definition) is 3. The van der Waals surface area contributed by atoms with Crippen molar-refractivity contribution in [2.24, 2.45) is 5.92 Å². The molecule has 7 rings (SSSR count). The second-order valence-electron chi connectivity index (χ2n) is 14.2. The molecule has 0 saturated carbocycles. The molecule has 4 atom stereocenters. The lowest BCUT2D eigenvalue weighted by molar-refractivity contribution is -0.276. The Morgan fingerprint density at radius 3 is 2.27 bits per heavy atom. The Hall–Kier alpha value is -4.87. The van der Waals surface area contributed by atoms with E-state index < -0.39 is 11.8 Å². The molecule has 1 spiro atoms. The Kier molecular flexibility index (Phi) is 10.5. The highest BCUT2D eigenvalue weighted by atomic mass is 16.7. The number of benzene rings is 4. The molecule has 52 heavy (non-hydrogen) atoms. The summed E-state index contributed by atoms with van der Waals surface area (Å²) in [6.45, 7) is 6.37. The molecule has 10 nitrogen and oxygen atoms in total. The van der Waals surface area contributed by atoms with Gasteiger partial charge in [-0.15, -0.1) is 0 Å². The van der Waals surface area contributed by atoms with Crippen LogP contribution in [0.15, 0.2) is 103 Å². The van der Waals surface area contributed by atoms with Crippen molar-refractivity contribution >= 4 is 29.0 Å². The Labute approximate surface area is 304 Å². The molecule has 3 fully saturated rings. The van der Waals surface area contributed by atoms with Crippen molar-refractivity contribution in [3.8, 4) is 0 Å². The molecule has 0 aliphatic carbocycles. The van der Waals surface area contributed by atoms with Gasteiger partial charge in [-0.1, -0.05) is 85.8 Å². The van der Waals surface area contributed by atoms with E-state index in [1.54, 1.807) is 24.3 Å². The van der Waals surface area contributed by atoms with Crippen molar-refractivity contribution in [1.82, 2.24) is 10.2 Å². The normalized spacial score (nSPS) is 23.0. The van der Waals surface area contributed by atoms with E-state index in [-0.39, 0.29) is 48.8 Å². The van der Waals surface area contributed by atoms with Crippen LogP contribution in [0.3, 0.4) is 0 Å². The molecule has 270 valence electrons. The van der Waals surface area contributed by atoms with Gasteiger partial charge in [-0.3, -0.25) is 14.4 Å². The Balaban J connectivity index is 1.05. The van der Waals surface area contributed by atoms with Crippen LogP contribution in [-0.2, 0) is 32.1 Å². The van der Waals surface area contributed by atoms with E-state index in [4.69, 9.17) is 9.47 Å². The number of aliphatic hydroxyl groups excluding tert-OH is 1. The molecular weight excluding hydrogens is 656 g/mol. The number of nitrogens with one attached hydrogen (secondary N) is 2. The Bertz CT molecular complexity index is 1870. The fourth-order valence-electron chi connectivity index (χ4n) is 7.72. The summed E-state index contributed by atoms with van der Waals surface area (Å²) in [7, 11) is 0. The maximum atomic E-state index is 13.3. The highest BCUT2D eigenvalue weighted by Crippen LogP contribution is 2.43. The predicted octanol–water partition coefficient (Wildman–Crippen LogP) is 5.78. The number of hydrogen-bond acceptors (Lipinski definition) is 8. The summed E-state index contributed by atoms with van der Waals surface area (Å²) in [5, 5.41) is 15.6. The molecular formula is C42H46N4O6. The van der Waals surface area contributed by atoms with Gasteiger partial charge in [0.15, 0.2) is 12.1 Å². The lowest BCUT2D eigenvalue weighted by Crippen LogP contribution is -2.57. The van der Waals surface area contributed by atoms with Crippen LogP contribution in [0.1, 0.15) is 71.7 Å². The van der Waals surface area contributed by atoms with Gasteiger partial charge in [0.2, 0.25) is 11.8 Å². The minimum absolute atomic E-state index is 0.0205. The zero-order valence-electron chi connectivity index (χ0n) is 29.7. The molecule has 2 amide bonds. The van der Waals surface area contributed by atoms with Crippen molar-refractivity contribution in [2.75, 3.05) is 36.5 Å². The fraction of sp³-hybridized carbons (Fsp3) is 0.357. The Morgan fingerprint density at radius 1 is 0.885 bits per heavy atom. The molecule has 10 heteroatoms. The van der Waals surface area contributed by atoms with Crippen LogP contribution in [0, 0.1) is 5.92 Å². The summed E-state index contributed by atoms with van der Waals surface area (Å²) in [4.78, 5) is 42.5. The summed E-state index contributed by atoms with van der Waals surface area (Å²) < 4.78 is 13.4. The third-order valence-corrected chi connectivity index (χ3v) is 10.8. The highest BCUT2D eigenvalue weighted by Gasteiger charge is 2.51. The molecule has 3 heterocycles. The third kappa shape index (κ3) is 7.52. The van der Waals surface area contributed by atoms with Gasteiger partial charge in [-0.25, -0.2) is 0 Å². The van der Waals surface area contributed by atoms with Gasteiger partial charge in [0.1, 0.15) is 5.54 Å². The van der Waals surface area contributed by atoms with E-state index in [2.05, 4.69) is 39.5 Å². The van der Waals surface area contributed by atoms with Crippen molar-refractivity contribution in [2.45, 2.75) is 63.8 Å². The van der Waals surface area contributed by atoms with Gasteiger partial charge in [0, 0.05) is 48.1 Å². The van der Waals surface area contributed by atoms with E-state index in [9.17, 15) is 19.5 Å². The van der Waals surface area contributed by atoms with Crippen LogP contribution in [0.4, 0.5) is 11.4 Å². The van der Waals surface area contributed by atoms with Crippen LogP contribution < -0.4 is 15.5 Å². The number of piperidine rings is 1. The van der Waals surface area contributed by atoms with Gasteiger partial charge in [0.25, 0.3) is 0 Å². The average Bonchev–Trinajstić information content (AvgIpc) is 3.48. The molecule has 0 radical (unpaired) electrons. The van der Waals surface area contributed by atoms with E-state index in [1.165, 1.54) is 6.92 Å². The van der Waals surface area contributed by atoms with Gasteiger partial charge in [-0.05, 0) is 60.7 Å². The SMILES string of the molecule is CC(=O)c1cccc(NC(=O)Cc2ccc(C3O[C@H](CN4CCC5(CC4)C(=O)NCN5c4ccccc4)[C@H](C)[C@H](c4ccc(CO)cc4)O3)cc2)c1. The first-order valence-electron chi connectivity index (χ1n) is 18.1. The smallest absolute Gasteiger partial charge is 0.247 e. The number of likely N-dealkylation sites (tertiary alicyclic amines) is 1. The topological polar surface area (TPSA) is 120 Å². The molecule has 3 saturated heterocycles. The summed E-state index contributed by atoms with van der Waals surface area (Å²) in [6, 6.07) is 32.7. The maximum absolute atomic E-state index is 13.3. The van der Waals surface area contributed by atoms with Crippen molar-refractivity contribution < 1.29 is 29.0 Å². The lowest BCUT2D eigenvalue weighted by atomic mass is 9.84. The number of amides is 2. The second-order valence-corrected chi connectivity index (χ2v) is 14.2. The molecule has 3 aliphatic heterocycles. The number of para-hydroxylation sites is 1. The van der Waals surface area contributed by atoms with Crippen LogP contribution in [0.25, 0.3) is 0 Å². The number of nitrogens with zero attached hydrogens (tertiary/aromatic N) is 2. The molecule has 3 aliphatic rings. The number of aliphatic hydroxyl groups is 1. The predicted molar refractivity (Wildman–Crippen MR) is 199 cm³/mol. The van der Waals surface area contributed by atoms with Gasteiger partial charge in [0.05, 0.1) is 31.9 Å². The van der Waals surface area contributed by atoms with Crippen molar-refractivity contribution in [3.63, 3.8) is 0 Å². The van der Waals surface area contributed by atoms with Gasteiger partial charge < -0.3 is 35.0 Å². The molecule has 4 aromatic carbocycles. The van der Waals surface area contributed by atoms with E-state index in [1.807, 2.05) is 66.7 Å². The number of ether oxygens (including phenoxy) is 2. The molecule has 0 bridgehead atoms. The number of carbonyl (C=O) groups is 3. The first-order valence-corrected chi connectivity index (χ1v) is 18.1. The Morgan fingerprint density at radius 2 is 1.58 bits per heavy atom. The number of anilines is 2. The van der Waals surface area contributed by atoms with Gasteiger partial charge in [-0.2, -0.15) is 0 Å². The molecule has 0 aromatic heterocycles. The highest BCUT2D eigenvalue weighted by molar-refractivity contribution is 5.97. The standard InChI is InChI=1S/C42H46N4O6/c1-28-37(25-45-21-19-42(20-22-45)41(50)43-27-46(42)36-9-4-3-5-10-36)51-40(52-39(28)32-15-13-31(26-47)14-16-32)33-17-11-30(12-18-33)23-38(49)44-35-8-6-7-34(24-35)29(2)48/h3-18,24,28,37,39-40,47H,19-23,25-27H2,1-2H3,(H,43,50)(H,44,49)/t28-,37+,39+,40?/m0/s1. The quantitative estimate of drug-likeness (QED) is 0.178. The van der Waals surface area contributed by atoms with E-state index in [0.717, 1.165) is 53.9 Å². The summed E-state index contributed by atoms with van der Waals surface area (Å²) >= 11 is 0. The molecule has 4 aromatic rings. The second kappa shape index (κ2) is 15.4. The van der Waals surface area contributed by atoms with Crippen molar-refractivity contribution in [3.05, 3.63) is 131 Å². The molecule has 1 unspecified atom stereocenters. The summed E-state index contributed by atoms with van der Waals surface area (Å²) in [5.74, 6) is -0.116. The first kappa shape index (κ1) is 35.5. The maximum Gasteiger partial charge on any atom is 0.247 e. The fourth-order valence-corrected chi connectivity index (χ4v) is 7.72. The largest absolute Gasteiger partial charge is 0.392 e. The average molecular weight is 703 g/mol. The monoisotopic (exact) mass is 702 g/mol. The summed E-state index contributed by atoms with van der Waals surface area (Å²) in [6.07, 6.45) is 0.571.